The fraction of sp³-hybridized carbons (Fsp3) is 0.588. The largest absolute Gasteiger partial charge is 0.463 e. The van der Waals surface area contributed by atoms with Crippen LogP contribution in [-0.4, -0.2) is 42.3 Å². The number of carbonyl (C=O) groups is 1. The van der Waals surface area contributed by atoms with E-state index in [1.54, 1.807) is 0 Å². The molecule has 0 radical (unpaired) electrons. The summed E-state index contributed by atoms with van der Waals surface area (Å²) in [5.41, 5.74) is 0.168. The van der Waals surface area contributed by atoms with Gasteiger partial charge in [-0.3, -0.25) is 9.69 Å². The van der Waals surface area contributed by atoms with Crippen LogP contribution in [0.5, 0.6) is 0 Å². The minimum absolute atomic E-state index is 0. The summed E-state index contributed by atoms with van der Waals surface area (Å²) < 4.78 is 5.01. The first-order valence-corrected chi connectivity index (χ1v) is 7.94. The van der Waals surface area contributed by atoms with Crippen molar-refractivity contribution in [3.63, 3.8) is 0 Å². The molecule has 1 aliphatic carbocycles. The first-order chi connectivity index (χ1) is 10.3. The van der Waals surface area contributed by atoms with E-state index in [1.165, 1.54) is 12.5 Å². The zero-order valence-corrected chi connectivity index (χ0v) is 15.4. The Morgan fingerprint density at radius 2 is 1.74 bits per heavy atom. The van der Waals surface area contributed by atoms with Gasteiger partial charge in [-0.05, 0) is 57.5 Å². The lowest BCUT2D eigenvalue weighted by Gasteiger charge is -2.48. The van der Waals surface area contributed by atoms with E-state index in [4.69, 9.17) is 16.3 Å². The molecule has 6 heteroatoms. The average molecular weight is 362 g/mol. The van der Waals surface area contributed by atoms with E-state index in [1.807, 2.05) is 12.1 Å². The maximum Gasteiger partial charge on any atom is 0.302 e. The van der Waals surface area contributed by atoms with Crippen LogP contribution in [0.2, 0.25) is 5.02 Å². The Labute approximate surface area is 149 Å². The number of halogens is 2. The molecule has 130 valence electrons. The van der Waals surface area contributed by atoms with Crippen molar-refractivity contribution in [2.24, 2.45) is 0 Å². The third-order valence-corrected chi connectivity index (χ3v) is 5.04. The number of hydrogen-bond donors (Lipinski definition) is 1. The molecule has 0 bridgehead atoms. The minimum atomic E-state index is -0.919. The maximum atomic E-state index is 11.0. The molecule has 1 fully saturated rings. The molecule has 0 aliphatic heterocycles. The first kappa shape index (κ1) is 20.2. The van der Waals surface area contributed by atoms with Crippen molar-refractivity contribution in [1.29, 1.82) is 0 Å². The molecule has 1 aromatic rings. The monoisotopic (exact) mass is 361 g/mol. The smallest absolute Gasteiger partial charge is 0.302 e. The predicted molar refractivity (Wildman–Crippen MR) is 94.1 cm³/mol. The molecule has 0 atom stereocenters. The number of esters is 1. The summed E-state index contributed by atoms with van der Waals surface area (Å²) in [6.45, 7) is 1.44. The second kappa shape index (κ2) is 7.84. The van der Waals surface area contributed by atoms with Crippen LogP contribution in [0.1, 0.15) is 38.2 Å². The summed E-state index contributed by atoms with van der Waals surface area (Å²) in [6.07, 6.45) is 2.81. The predicted octanol–water partition coefficient (Wildman–Crippen LogP) is 3.39. The fourth-order valence-electron chi connectivity index (χ4n) is 3.26. The zero-order valence-electron chi connectivity index (χ0n) is 13.8. The van der Waals surface area contributed by atoms with E-state index < -0.39 is 5.60 Å². The highest BCUT2D eigenvalue weighted by atomic mass is 35.5. The Kier molecular flexibility index (Phi) is 6.90. The maximum absolute atomic E-state index is 11.0. The van der Waals surface area contributed by atoms with Crippen molar-refractivity contribution >= 4 is 30.0 Å². The van der Waals surface area contributed by atoms with E-state index in [0.29, 0.717) is 12.8 Å². The summed E-state index contributed by atoms with van der Waals surface area (Å²) in [5.74, 6) is -0.351. The number of nitrogens with zero attached hydrogens (tertiary/aromatic N) is 1. The number of benzene rings is 1. The van der Waals surface area contributed by atoms with Crippen molar-refractivity contribution in [2.75, 3.05) is 20.7 Å². The molecule has 0 heterocycles. The van der Waals surface area contributed by atoms with Crippen LogP contribution in [0.4, 0.5) is 0 Å². The van der Waals surface area contributed by atoms with Crippen LogP contribution in [0.25, 0.3) is 0 Å². The molecule has 0 saturated heterocycles. The van der Waals surface area contributed by atoms with E-state index in [9.17, 15) is 9.90 Å². The first-order valence-electron chi connectivity index (χ1n) is 7.57. The summed E-state index contributed by atoms with van der Waals surface area (Å²) in [6, 6.07) is 7.92. The molecule has 1 saturated carbocycles. The van der Waals surface area contributed by atoms with Crippen LogP contribution in [0.15, 0.2) is 24.3 Å². The molecule has 2 rings (SSSR count). The van der Waals surface area contributed by atoms with Crippen LogP contribution >= 0.6 is 24.0 Å². The van der Waals surface area contributed by atoms with Gasteiger partial charge >= 0.3 is 5.97 Å². The van der Waals surface area contributed by atoms with Crippen LogP contribution < -0.4 is 0 Å². The van der Waals surface area contributed by atoms with Crippen molar-refractivity contribution < 1.29 is 14.6 Å². The lowest BCUT2D eigenvalue weighted by Crippen LogP contribution is -2.50. The number of carbonyl (C=O) groups excluding carboxylic acids is 1. The second-order valence-electron chi connectivity index (χ2n) is 6.44. The minimum Gasteiger partial charge on any atom is -0.463 e. The molecule has 0 unspecified atom stereocenters. The Hall–Kier alpha value is -0.810. The zero-order chi connectivity index (χ0) is 16.4. The lowest BCUT2D eigenvalue weighted by molar-refractivity contribution is -0.153. The van der Waals surface area contributed by atoms with Crippen LogP contribution in [0.3, 0.4) is 0 Å². The topological polar surface area (TPSA) is 49.8 Å². The van der Waals surface area contributed by atoms with E-state index in [0.717, 1.165) is 17.9 Å². The fourth-order valence-corrected chi connectivity index (χ4v) is 3.39. The molecule has 1 aliphatic rings. The van der Waals surface area contributed by atoms with Gasteiger partial charge in [0.15, 0.2) is 0 Å². The number of ether oxygens (including phenoxy) is 1. The van der Waals surface area contributed by atoms with Crippen molar-refractivity contribution in [3.05, 3.63) is 34.9 Å². The van der Waals surface area contributed by atoms with Crippen molar-refractivity contribution in [3.8, 4) is 0 Å². The lowest BCUT2D eigenvalue weighted by atomic mass is 9.70. The Morgan fingerprint density at radius 3 is 2.17 bits per heavy atom. The Balaban J connectivity index is 0.00000264. The van der Waals surface area contributed by atoms with Crippen LogP contribution in [-0.2, 0) is 15.1 Å². The average Bonchev–Trinajstić information content (AvgIpc) is 2.47. The van der Waals surface area contributed by atoms with E-state index in [2.05, 4.69) is 31.1 Å². The number of aliphatic hydroxyl groups is 1. The van der Waals surface area contributed by atoms with Gasteiger partial charge in [-0.25, -0.2) is 0 Å². The van der Waals surface area contributed by atoms with Gasteiger partial charge in [-0.1, -0.05) is 23.7 Å². The molecular formula is C17H25Cl2NO3. The van der Waals surface area contributed by atoms with Crippen LogP contribution in [0, 0.1) is 0 Å². The van der Waals surface area contributed by atoms with Gasteiger partial charge in [0.2, 0.25) is 0 Å². The highest BCUT2D eigenvalue weighted by Gasteiger charge is 2.44. The van der Waals surface area contributed by atoms with Gasteiger partial charge in [0, 0.05) is 17.5 Å². The van der Waals surface area contributed by atoms with Gasteiger partial charge in [-0.2, -0.15) is 0 Å². The summed E-state index contributed by atoms with van der Waals surface area (Å²) in [4.78, 5) is 13.2. The molecule has 4 nitrogen and oxygen atoms in total. The standard InChI is InChI=1S/C17H24ClNO3.ClH/c1-13(20)22-12-16(21)8-10-17(11-9-16,19(2)3)14-4-6-15(18)7-5-14;/h4-7,21H,8-12H2,1-3H3;1H. The van der Waals surface area contributed by atoms with Gasteiger partial charge in [-0.15, -0.1) is 12.4 Å². The number of hydrogen-bond acceptors (Lipinski definition) is 4. The third kappa shape index (κ3) is 4.60. The van der Waals surface area contributed by atoms with Gasteiger partial charge < -0.3 is 9.84 Å². The molecule has 0 amide bonds. The summed E-state index contributed by atoms with van der Waals surface area (Å²) in [5, 5.41) is 11.3. The highest BCUT2D eigenvalue weighted by Crippen LogP contribution is 2.44. The third-order valence-electron chi connectivity index (χ3n) is 4.79. The highest BCUT2D eigenvalue weighted by molar-refractivity contribution is 6.30. The molecule has 0 aromatic heterocycles. The summed E-state index contributed by atoms with van der Waals surface area (Å²) >= 11 is 5.99. The van der Waals surface area contributed by atoms with E-state index >= 15 is 0 Å². The Morgan fingerprint density at radius 1 is 1.22 bits per heavy atom. The van der Waals surface area contributed by atoms with Gasteiger partial charge in [0.25, 0.3) is 0 Å². The van der Waals surface area contributed by atoms with Crippen molar-refractivity contribution in [2.45, 2.75) is 43.7 Å². The van der Waals surface area contributed by atoms with Gasteiger partial charge in [0.05, 0.1) is 5.60 Å². The molecular weight excluding hydrogens is 337 g/mol. The molecule has 1 N–H and O–H groups in total. The SMILES string of the molecule is CC(=O)OCC1(O)CCC(c2ccc(Cl)cc2)(N(C)C)CC1.Cl. The molecule has 0 spiro atoms. The normalized spacial score (nSPS) is 27.4. The molecule has 23 heavy (non-hydrogen) atoms. The number of rotatable bonds is 4. The second-order valence-corrected chi connectivity index (χ2v) is 6.87. The molecule has 1 aromatic carbocycles. The van der Waals surface area contributed by atoms with E-state index in [-0.39, 0.29) is 30.5 Å². The van der Waals surface area contributed by atoms with Gasteiger partial charge in [0.1, 0.15) is 6.61 Å². The quantitative estimate of drug-likeness (QED) is 0.835. The summed E-state index contributed by atoms with van der Waals surface area (Å²) in [7, 11) is 4.12. The Bertz CT molecular complexity index is 523. The van der Waals surface area contributed by atoms with Crippen molar-refractivity contribution in [1.82, 2.24) is 4.90 Å².